The summed E-state index contributed by atoms with van der Waals surface area (Å²) in [6.07, 6.45) is 11.5. The third kappa shape index (κ3) is 2.26. The minimum Gasteiger partial charge on any atom is -0.329 e. The number of nitrogens with zero attached hydrogens (tertiary/aromatic N) is 2. The van der Waals surface area contributed by atoms with Crippen LogP contribution in [0, 0.1) is 23.2 Å². The standard InChI is InChI=1S/C17H24N2OS/c1-11(21-16-18-3-4-19(16)2)15(20)17-8-12-5-13(9-17)7-14(6-12)10-17/h3-4,11-14H,5-10H2,1-2H3/t11-,12?,13?,14?,17?/m1/s1. The predicted octanol–water partition coefficient (Wildman–Crippen LogP) is 3.69. The smallest absolute Gasteiger partial charge is 0.168 e. The molecule has 0 amide bonds. The normalized spacial score (nSPS) is 38.7. The zero-order valence-electron chi connectivity index (χ0n) is 12.9. The van der Waals surface area contributed by atoms with Crippen molar-refractivity contribution in [2.24, 2.45) is 30.2 Å². The molecule has 0 N–H and O–H groups in total. The molecule has 0 saturated heterocycles. The number of Topliss-reactive ketones (excluding diaryl/α,β-unsaturated/α-hetero) is 1. The number of ketones is 1. The summed E-state index contributed by atoms with van der Waals surface area (Å²) in [5.74, 6) is 3.02. The van der Waals surface area contributed by atoms with Crippen molar-refractivity contribution < 1.29 is 4.79 Å². The van der Waals surface area contributed by atoms with Gasteiger partial charge in [0.05, 0.1) is 5.25 Å². The summed E-state index contributed by atoms with van der Waals surface area (Å²) >= 11 is 1.64. The van der Waals surface area contributed by atoms with Crippen LogP contribution in [0.4, 0.5) is 0 Å². The van der Waals surface area contributed by atoms with Crippen LogP contribution >= 0.6 is 11.8 Å². The number of aryl methyl sites for hydroxylation is 1. The molecule has 3 nitrogen and oxygen atoms in total. The second-order valence-corrected chi connectivity index (χ2v) is 8.95. The molecule has 4 aliphatic rings. The molecule has 0 spiro atoms. The Labute approximate surface area is 130 Å². The third-order valence-corrected chi connectivity index (χ3v) is 7.16. The van der Waals surface area contributed by atoms with Crippen LogP contribution in [-0.4, -0.2) is 20.6 Å². The van der Waals surface area contributed by atoms with Gasteiger partial charge in [-0.1, -0.05) is 11.8 Å². The van der Waals surface area contributed by atoms with Gasteiger partial charge in [-0.25, -0.2) is 4.98 Å². The molecule has 5 rings (SSSR count). The molecule has 4 aliphatic carbocycles. The fraction of sp³-hybridized carbons (Fsp3) is 0.765. The molecule has 0 aliphatic heterocycles. The summed E-state index contributed by atoms with van der Waals surface area (Å²) in [6.45, 7) is 2.08. The lowest BCUT2D eigenvalue weighted by Gasteiger charge is -2.56. The van der Waals surface area contributed by atoms with Crippen LogP contribution in [0.15, 0.2) is 17.6 Å². The zero-order chi connectivity index (χ0) is 14.6. The molecule has 0 radical (unpaired) electrons. The molecule has 4 saturated carbocycles. The van der Waals surface area contributed by atoms with Crippen LogP contribution in [0.25, 0.3) is 0 Å². The number of rotatable bonds is 4. The Morgan fingerprint density at radius 3 is 2.33 bits per heavy atom. The fourth-order valence-electron chi connectivity index (χ4n) is 5.52. The van der Waals surface area contributed by atoms with E-state index in [1.807, 2.05) is 24.0 Å². The van der Waals surface area contributed by atoms with Gasteiger partial charge in [-0.05, 0) is 63.2 Å². The Morgan fingerprint density at radius 1 is 1.29 bits per heavy atom. The summed E-state index contributed by atoms with van der Waals surface area (Å²) < 4.78 is 2.01. The first-order valence-corrected chi connectivity index (χ1v) is 9.12. The lowest BCUT2D eigenvalue weighted by molar-refractivity contribution is -0.142. The molecule has 1 aromatic heterocycles. The van der Waals surface area contributed by atoms with Gasteiger partial charge in [0.15, 0.2) is 10.9 Å². The van der Waals surface area contributed by atoms with Crippen LogP contribution in [0.2, 0.25) is 0 Å². The van der Waals surface area contributed by atoms with Crippen molar-refractivity contribution in [3.63, 3.8) is 0 Å². The molecule has 0 aromatic carbocycles. The van der Waals surface area contributed by atoms with E-state index in [1.165, 1.54) is 38.5 Å². The summed E-state index contributed by atoms with van der Waals surface area (Å²) in [7, 11) is 2.00. The van der Waals surface area contributed by atoms with Gasteiger partial charge in [0.2, 0.25) is 0 Å². The Kier molecular flexibility index (Phi) is 3.21. The van der Waals surface area contributed by atoms with E-state index in [0.717, 1.165) is 22.9 Å². The van der Waals surface area contributed by atoms with Crippen LogP contribution in [-0.2, 0) is 11.8 Å². The highest BCUT2D eigenvalue weighted by molar-refractivity contribution is 8.00. The summed E-state index contributed by atoms with van der Waals surface area (Å²) in [6, 6.07) is 0. The fourth-order valence-corrected chi connectivity index (χ4v) is 6.54. The Balaban J connectivity index is 1.53. The Bertz CT molecular complexity index is 530. The molecule has 4 bridgehead atoms. The first-order valence-electron chi connectivity index (χ1n) is 8.24. The van der Waals surface area contributed by atoms with E-state index >= 15 is 0 Å². The molecule has 4 heteroatoms. The van der Waals surface area contributed by atoms with Gasteiger partial charge in [0.1, 0.15) is 0 Å². The van der Waals surface area contributed by atoms with Gasteiger partial charge in [-0.3, -0.25) is 4.79 Å². The Hall–Kier alpha value is -0.770. The topological polar surface area (TPSA) is 34.9 Å². The number of thioether (sulfide) groups is 1. The van der Waals surface area contributed by atoms with E-state index < -0.39 is 0 Å². The maximum atomic E-state index is 13.2. The van der Waals surface area contributed by atoms with Crippen molar-refractivity contribution in [3.8, 4) is 0 Å². The first kappa shape index (κ1) is 13.9. The van der Waals surface area contributed by atoms with Crippen molar-refractivity contribution in [3.05, 3.63) is 12.4 Å². The minimum absolute atomic E-state index is 0.0202. The van der Waals surface area contributed by atoms with Gasteiger partial charge in [-0.2, -0.15) is 0 Å². The SMILES string of the molecule is C[C@@H](Sc1nccn1C)C(=O)C12CC3CC(CC(C3)C1)C2. The summed E-state index contributed by atoms with van der Waals surface area (Å²) in [4.78, 5) is 17.5. The molecular formula is C17H24N2OS. The van der Waals surface area contributed by atoms with Crippen LogP contribution in [0.5, 0.6) is 0 Å². The molecule has 21 heavy (non-hydrogen) atoms. The maximum absolute atomic E-state index is 13.2. The van der Waals surface area contributed by atoms with Crippen LogP contribution < -0.4 is 0 Å². The highest BCUT2D eigenvalue weighted by Crippen LogP contribution is 2.61. The van der Waals surface area contributed by atoms with Crippen molar-refractivity contribution in [1.29, 1.82) is 0 Å². The van der Waals surface area contributed by atoms with E-state index in [-0.39, 0.29) is 10.7 Å². The Morgan fingerprint density at radius 2 is 1.86 bits per heavy atom. The number of carbonyl (C=O) groups is 1. The minimum atomic E-state index is 0.0202. The second kappa shape index (κ2) is 4.87. The number of aromatic nitrogens is 2. The van der Waals surface area contributed by atoms with E-state index in [4.69, 9.17) is 0 Å². The molecule has 1 atom stereocenters. The average Bonchev–Trinajstić information content (AvgIpc) is 2.82. The van der Waals surface area contributed by atoms with Gasteiger partial charge >= 0.3 is 0 Å². The van der Waals surface area contributed by atoms with E-state index in [1.54, 1.807) is 11.8 Å². The molecule has 1 heterocycles. The number of imidazole rings is 1. The van der Waals surface area contributed by atoms with E-state index in [0.29, 0.717) is 5.78 Å². The van der Waals surface area contributed by atoms with Gasteiger partial charge in [0, 0.05) is 24.9 Å². The first-order chi connectivity index (χ1) is 10.1. The van der Waals surface area contributed by atoms with Crippen LogP contribution in [0.1, 0.15) is 45.4 Å². The highest BCUT2D eigenvalue weighted by atomic mass is 32.2. The number of hydrogen-bond donors (Lipinski definition) is 0. The highest BCUT2D eigenvalue weighted by Gasteiger charge is 2.55. The second-order valence-electron chi connectivity index (χ2n) is 7.64. The number of carbonyl (C=O) groups excluding carboxylic acids is 1. The van der Waals surface area contributed by atoms with Crippen LogP contribution in [0.3, 0.4) is 0 Å². The summed E-state index contributed by atoms with van der Waals surface area (Å²) in [5, 5.41) is 0.989. The molecular weight excluding hydrogens is 280 g/mol. The maximum Gasteiger partial charge on any atom is 0.168 e. The van der Waals surface area contributed by atoms with Crippen molar-refractivity contribution in [2.75, 3.05) is 0 Å². The van der Waals surface area contributed by atoms with Gasteiger partial charge < -0.3 is 4.57 Å². The summed E-state index contributed by atoms with van der Waals surface area (Å²) in [5.41, 5.74) is 0.0202. The van der Waals surface area contributed by atoms with E-state index in [9.17, 15) is 4.79 Å². The van der Waals surface area contributed by atoms with Crippen molar-refractivity contribution in [2.45, 2.75) is 55.9 Å². The average molecular weight is 304 g/mol. The third-order valence-electron chi connectivity index (χ3n) is 5.99. The number of hydrogen-bond acceptors (Lipinski definition) is 3. The largest absolute Gasteiger partial charge is 0.329 e. The van der Waals surface area contributed by atoms with Crippen molar-refractivity contribution in [1.82, 2.24) is 9.55 Å². The van der Waals surface area contributed by atoms with Gasteiger partial charge in [0.25, 0.3) is 0 Å². The predicted molar refractivity (Wildman–Crippen MR) is 84.1 cm³/mol. The molecule has 114 valence electrons. The zero-order valence-corrected chi connectivity index (χ0v) is 13.7. The van der Waals surface area contributed by atoms with E-state index in [2.05, 4.69) is 11.9 Å². The quantitative estimate of drug-likeness (QED) is 0.796. The molecule has 0 unspecified atom stereocenters. The van der Waals surface area contributed by atoms with Gasteiger partial charge in [-0.15, -0.1) is 0 Å². The lowest BCUT2D eigenvalue weighted by atomic mass is 9.48. The monoisotopic (exact) mass is 304 g/mol. The van der Waals surface area contributed by atoms with Crippen molar-refractivity contribution >= 4 is 17.5 Å². The molecule has 1 aromatic rings. The molecule has 4 fully saturated rings. The lowest BCUT2D eigenvalue weighted by Crippen LogP contribution is -2.51.